The highest BCUT2D eigenvalue weighted by Gasteiger charge is 2.19. The largest absolute Gasteiger partial charge is 0.385 e. The molecular formula is C17H30N2O2. The maximum Gasteiger partial charge on any atom is 0.0589 e. The summed E-state index contributed by atoms with van der Waals surface area (Å²) in [5.74, 6) is 0. The topological polar surface area (TPSA) is 47.7 Å². The van der Waals surface area contributed by atoms with Crippen LogP contribution in [0, 0.1) is 13.8 Å². The van der Waals surface area contributed by atoms with E-state index in [2.05, 4.69) is 36.9 Å². The number of aryl methyl sites for hydroxylation is 2. The average molecular weight is 294 g/mol. The van der Waals surface area contributed by atoms with E-state index in [0.717, 1.165) is 26.1 Å². The summed E-state index contributed by atoms with van der Waals surface area (Å²) in [4.78, 5) is 2.40. The van der Waals surface area contributed by atoms with Crippen LogP contribution in [0.2, 0.25) is 0 Å². The molecule has 0 aliphatic rings. The third-order valence-corrected chi connectivity index (χ3v) is 3.67. The Morgan fingerprint density at radius 2 is 1.62 bits per heavy atom. The highest BCUT2D eigenvalue weighted by molar-refractivity contribution is 5.31. The van der Waals surface area contributed by atoms with Crippen LogP contribution in [0.15, 0.2) is 18.2 Å². The van der Waals surface area contributed by atoms with E-state index in [-0.39, 0.29) is 6.04 Å². The zero-order valence-corrected chi connectivity index (χ0v) is 13.9. The molecule has 0 saturated heterocycles. The summed E-state index contributed by atoms with van der Waals surface area (Å²) in [5.41, 5.74) is 9.93. The number of nitrogens with two attached hydrogens (primary N) is 1. The molecule has 0 fully saturated rings. The fourth-order valence-electron chi connectivity index (χ4n) is 2.74. The minimum absolute atomic E-state index is 0.232. The maximum atomic E-state index is 6.07. The molecule has 0 amide bonds. The molecule has 0 aromatic heterocycles. The Bertz CT molecular complexity index is 390. The van der Waals surface area contributed by atoms with E-state index in [4.69, 9.17) is 15.2 Å². The molecule has 0 bridgehead atoms. The number of hydrogen-bond acceptors (Lipinski definition) is 4. The minimum atomic E-state index is 0.232. The summed E-state index contributed by atoms with van der Waals surface area (Å²) in [6, 6.07) is 6.90. The van der Waals surface area contributed by atoms with Gasteiger partial charge in [-0.25, -0.2) is 0 Å². The first-order valence-electron chi connectivity index (χ1n) is 7.62. The lowest BCUT2D eigenvalue weighted by Gasteiger charge is -2.31. The van der Waals surface area contributed by atoms with Gasteiger partial charge in [-0.2, -0.15) is 0 Å². The highest BCUT2D eigenvalue weighted by Crippen LogP contribution is 2.22. The summed E-state index contributed by atoms with van der Waals surface area (Å²) in [6.45, 7) is 8.21. The summed E-state index contributed by atoms with van der Waals surface area (Å²) in [7, 11) is 3.48. The summed E-state index contributed by atoms with van der Waals surface area (Å²) in [6.07, 6.45) is 1.00. The predicted molar refractivity (Wildman–Crippen MR) is 87.7 cm³/mol. The van der Waals surface area contributed by atoms with Crippen LogP contribution < -0.4 is 5.73 Å². The summed E-state index contributed by atoms with van der Waals surface area (Å²) >= 11 is 0. The van der Waals surface area contributed by atoms with Crippen LogP contribution in [-0.2, 0) is 9.47 Å². The smallest absolute Gasteiger partial charge is 0.0589 e. The molecule has 0 aliphatic heterocycles. The van der Waals surface area contributed by atoms with Crippen molar-refractivity contribution >= 4 is 0 Å². The van der Waals surface area contributed by atoms with Crippen LogP contribution in [-0.4, -0.2) is 52.0 Å². The molecule has 0 heterocycles. The second kappa shape index (κ2) is 9.90. The Balaban J connectivity index is 2.87. The molecule has 1 aromatic carbocycles. The number of hydrogen-bond donors (Lipinski definition) is 1. The molecule has 4 nitrogen and oxygen atoms in total. The molecule has 2 N–H and O–H groups in total. The number of nitrogens with zero attached hydrogens (tertiary/aromatic N) is 1. The van der Waals surface area contributed by atoms with Gasteiger partial charge >= 0.3 is 0 Å². The first-order valence-corrected chi connectivity index (χ1v) is 7.62. The number of rotatable bonds is 10. The molecule has 0 saturated carbocycles. The van der Waals surface area contributed by atoms with Crippen molar-refractivity contribution < 1.29 is 9.47 Å². The van der Waals surface area contributed by atoms with Crippen LogP contribution in [0.25, 0.3) is 0 Å². The normalized spacial score (nSPS) is 12.9. The Hall–Kier alpha value is -0.940. The lowest BCUT2D eigenvalue weighted by molar-refractivity contribution is 0.108. The second-order valence-electron chi connectivity index (χ2n) is 5.55. The lowest BCUT2D eigenvalue weighted by Crippen LogP contribution is -2.37. The second-order valence-corrected chi connectivity index (χ2v) is 5.55. The zero-order valence-electron chi connectivity index (χ0n) is 13.9. The zero-order chi connectivity index (χ0) is 15.7. The molecule has 21 heavy (non-hydrogen) atoms. The first-order chi connectivity index (χ1) is 10.1. The maximum absolute atomic E-state index is 6.07. The van der Waals surface area contributed by atoms with E-state index in [1.54, 1.807) is 14.2 Å². The molecular weight excluding hydrogens is 264 g/mol. The molecule has 1 unspecified atom stereocenters. The molecule has 0 aliphatic carbocycles. The molecule has 1 aromatic rings. The fraction of sp³-hybridized carbons (Fsp3) is 0.647. The Labute approximate surface area is 129 Å². The highest BCUT2D eigenvalue weighted by atomic mass is 16.5. The Morgan fingerprint density at radius 3 is 2.14 bits per heavy atom. The molecule has 120 valence electrons. The van der Waals surface area contributed by atoms with Crippen LogP contribution in [0.5, 0.6) is 0 Å². The van der Waals surface area contributed by atoms with Crippen LogP contribution in [0.4, 0.5) is 0 Å². The molecule has 1 rings (SSSR count). The first kappa shape index (κ1) is 18.1. The van der Waals surface area contributed by atoms with Gasteiger partial charge in [0, 0.05) is 46.5 Å². The minimum Gasteiger partial charge on any atom is -0.385 e. The van der Waals surface area contributed by atoms with E-state index in [1.807, 2.05) is 0 Å². The SMILES string of the molecule is COCCCN(CCOC)C(CN)c1cc(C)cc(C)c1. The van der Waals surface area contributed by atoms with Crippen molar-refractivity contribution in [2.75, 3.05) is 47.1 Å². The van der Waals surface area contributed by atoms with Gasteiger partial charge in [0.2, 0.25) is 0 Å². The van der Waals surface area contributed by atoms with E-state index in [0.29, 0.717) is 13.2 Å². The van der Waals surface area contributed by atoms with E-state index < -0.39 is 0 Å². The Kier molecular flexibility index (Phi) is 8.54. The predicted octanol–water partition coefficient (Wildman–Crippen LogP) is 2.29. The summed E-state index contributed by atoms with van der Waals surface area (Å²) < 4.78 is 10.4. The van der Waals surface area contributed by atoms with Crippen molar-refractivity contribution in [1.82, 2.24) is 4.90 Å². The van der Waals surface area contributed by atoms with Crippen molar-refractivity contribution in [1.29, 1.82) is 0 Å². The number of methoxy groups -OCH3 is 2. The van der Waals surface area contributed by atoms with Gasteiger partial charge in [-0.1, -0.05) is 29.3 Å². The third kappa shape index (κ3) is 6.14. The Morgan fingerprint density at radius 1 is 1.00 bits per heavy atom. The van der Waals surface area contributed by atoms with Gasteiger partial charge in [0.1, 0.15) is 0 Å². The van der Waals surface area contributed by atoms with Crippen molar-refractivity contribution in [2.45, 2.75) is 26.3 Å². The molecule has 0 radical (unpaired) electrons. The van der Waals surface area contributed by atoms with Gasteiger partial charge in [-0.3, -0.25) is 4.90 Å². The third-order valence-electron chi connectivity index (χ3n) is 3.67. The monoisotopic (exact) mass is 294 g/mol. The van der Waals surface area contributed by atoms with Crippen molar-refractivity contribution in [3.8, 4) is 0 Å². The van der Waals surface area contributed by atoms with E-state index >= 15 is 0 Å². The molecule has 1 atom stereocenters. The summed E-state index contributed by atoms with van der Waals surface area (Å²) in [5, 5.41) is 0. The number of ether oxygens (including phenoxy) is 2. The van der Waals surface area contributed by atoms with Gasteiger partial charge in [0.15, 0.2) is 0 Å². The van der Waals surface area contributed by atoms with Gasteiger partial charge in [-0.15, -0.1) is 0 Å². The molecule has 4 heteroatoms. The van der Waals surface area contributed by atoms with Gasteiger partial charge in [-0.05, 0) is 25.8 Å². The quantitative estimate of drug-likeness (QED) is 0.673. The van der Waals surface area contributed by atoms with E-state index in [1.165, 1.54) is 16.7 Å². The van der Waals surface area contributed by atoms with Crippen molar-refractivity contribution in [3.05, 3.63) is 34.9 Å². The standard InChI is InChI=1S/C17H30N2O2/c1-14-10-15(2)12-16(11-14)17(13-18)19(7-9-21-4)6-5-8-20-3/h10-12,17H,5-9,13,18H2,1-4H3. The van der Waals surface area contributed by atoms with Gasteiger partial charge in [0.05, 0.1) is 6.61 Å². The lowest BCUT2D eigenvalue weighted by atomic mass is 10.00. The van der Waals surface area contributed by atoms with Crippen LogP contribution >= 0.6 is 0 Å². The van der Waals surface area contributed by atoms with Crippen LogP contribution in [0.3, 0.4) is 0 Å². The van der Waals surface area contributed by atoms with Crippen molar-refractivity contribution in [3.63, 3.8) is 0 Å². The van der Waals surface area contributed by atoms with Crippen molar-refractivity contribution in [2.24, 2.45) is 5.73 Å². The van der Waals surface area contributed by atoms with Crippen LogP contribution in [0.1, 0.15) is 29.2 Å². The fourth-order valence-corrected chi connectivity index (χ4v) is 2.74. The van der Waals surface area contributed by atoms with Gasteiger partial charge < -0.3 is 15.2 Å². The van der Waals surface area contributed by atoms with Gasteiger partial charge in [0.25, 0.3) is 0 Å². The van der Waals surface area contributed by atoms with E-state index in [9.17, 15) is 0 Å². The number of benzene rings is 1. The average Bonchev–Trinajstić information content (AvgIpc) is 2.44. The molecule has 0 spiro atoms.